The molecule has 0 aromatic rings. The molecule has 136 valence electrons. The minimum absolute atomic E-state index is 0.704. The Morgan fingerprint density at radius 3 is 1.52 bits per heavy atom. The number of hydrogen-bond acceptors (Lipinski definition) is 11. The molecule has 0 aromatic heterocycles. The van der Waals surface area contributed by atoms with Crippen molar-refractivity contribution < 1.29 is 55.4 Å². The van der Waals surface area contributed by atoms with Gasteiger partial charge in [0.25, 0.3) is 0 Å². The molecule has 2 aliphatic rings. The van der Waals surface area contributed by atoms with Gasteiger partial charge in [-0.15, -0.1) is 0 Å². The van der Waals surface area contributed by atoms with Gasteiger partial charge in [-0.2, -0.15) is 0 Å². The quantitative estimate of drug-likeness (QED) is 0.236. The van der Waals surface area contributed by atoms with Gasteiger partial charge in [-0.25, -0.2) is 0 Å². The predicted molar refractivity (Wildman–Crippen MR) is 68.7 cm³/mol. The Labute approximate surface area is 130 Å². The van der Waals surface area contributed by atoms with Crippen molar-refractivity contribution in [2.24, 2.45) is 0 Å². The van der Waals surface area contributed by atoms with Crippen LogP contribution in [-0.2, 0) is 9.47 Å². The van der Waals surface area contributed by atoms with Crippen LogP contribution in [0.1, 0.15) is 0 Å². The van der Waals surface area contributed by atoms with E-state index in [1.807, 2.05) is 0 Å². The second kappa shape index (κ2) is 7.21. The van der Waals surface area contributed by atoms with Gasteiger partial charge in [-0.3, -0.25) is 0 Å². The van der Waals surface area contributed by atoms with Crippen LogP contribution >= 0.6 is 0 Å². The number of aliphatic hydroxyl groups excluding tert-OH is 9. The van der Waals surface area contributed by atoms with E-state index in [0.29, 0.717) is 0 Å². The molecule has 0 amide bonds. The van der Waals surface area contributed by atoms with Crippen molar-refractivity contribution in [3.63, 3.8) is 0 Å². The van der Waals surface area contributed by atoms with Gasteiger partial charge in [0, 0.05) is 0 Å². The van der Waals surface area contributed by atoms with E-state index >= 15 is 0 Å². The van der Waals surface area contributed by atoms with Crippen LogP contribution in [0.2, 0.25) is 0 Å². The Bertz CT molecular complexity index is 377. The minimum atomic E-state index is -1.83. The van der Waals surface area contributed by atoms with Gasteiger partial charge >= 0.3 is 0 Å². The minimum Gasteiger partial charge on any atom is -0.394 e. The summed E-state index contributed by atoms with van der Waals surface area (Å²) in [6.07, 6.45) is -18.9. The van der Waals surface area contributed by atoms with Gasteiger partial charge in [0.1, 0.15) is 61.0 Å². The molecule has 11 heteroatoms. The molecule has 5 unspecified atom stereocenters. The lowest BCUT2D eigenvalue weighted by molar-refractivity contribution is -0.339. The van der Waals surface area contributed by atoms with Crippen LogP contribution in [0.4, 0.5) is 0 Å². The van der Waals surface area contributed by atoms with Crippen LogP contribution < -0.4 is 0 Å². The molecule has 0 aromatic carbocycles. The molecular formula is C12H22O11. The van der Waals surface area contributed by atoms with Gasteiger partial charge in [-0.1, -0.05) is 0 Å². The first-order valence-electron chi connectivity index (χ1n) is 7.07. The third kappa shape index (κ3) is 3.36. The van der Waals surface area contributed by atoms with Gasteiger partial charge in [-0.05, 0) is 0 Å². The van der Waals surface area contributed by atoms with Crippen LogP contribution in [0.15, 0.2) is 0 Å². The van der Waals surface area contributed by atoms with Gasteiger partial charge in [0.2, 0.25) is 0 Å². The topological polar surface area (TPSA) is 201 Å². The average molecular weight is 342 g/mol. The third-order valence-electron chi connectivity index (χ3n) is 4.21. The Balaban J connectivity index is 2.13. The first kappa shape index (κ1) is 18.9. The highest BCUT2D eigenvalue weighted by molar-refractivity contribution is 5.00. The molecular weight excluding hydrogens is 320 g/mol. The maximum Gasteiger partial charge on any atom is 0.187 e. The predicted octanol–water partition coefficient (Wildman–Crippen LogP) is -6.01. The molecule has 0 bridgehead atoms. The number of hydrogen-bond donors (Lipinski definition) is 9. The van der Waals surface area contributed by atoms with Crippen LogP contribution in [0.25, 0.3) is 0 Å². The molecule has 1 aliphatic carbocycles. The van der Waals surface area contributed by atoms with Crippen LogP contribution in [-0.4, -0.2) is 120 Å². The molecule has 9 N–H and O–H groups in total. The van der Waals surface area contributed by atoms with Crippen molar-refractivity contribution in [2.45, 2.75) is 67.3 Å². The van der Waals surface area contributed by atoms with E-state index in [-0.39, 0.29) is 0 Å². The van der Waals surface area contributed by atoms with Crippen LogP contribution in [0.3, 0.4) is 0 Å². The summed E-state index contributed by atoms with van der Waals surface area (Å²) in [5.41, 5.74) is 0. The van der Waals surface area contributed by atoms with Crippen LogP contribution in [0.5, 0.6) is 0 Å². The summed E-state index contributed by atoms with van der Waals surface area (Å²) < 4.78 is 10.2. The molecule has 1 aliphatic heterocycles. The van der Waals surface area contributed by atoms with Crippen molar-refractivity contribution in [1.29, 1.82) is 0 Å². The molecule has 2 rings (SSSR count). The highest BCUT2D eigenvalue weighted by Crippen LogP contribution is 2.29. The average Bonchev–Trinajstić information content (AvgIpc) is 2.54. The zero-order chi connectivity index (χ0) is 17.5. The summed E-state index contributed by atoms with van der Waals surface area (Å²) in [6, 6.07) is 0. The largest absolute Gasteiger partial charge is 0.394 e. The summed E-state index contributed by atoms with van der Waals surface area (Å²) >= 11 is 0. The van der Waals surface area contributed by atoms with E-state index in [2.05, 4.69) is 0 Å². The molecule has 1 heterocycles. The smallest absolute Gasteiger partial charge is 0.187 e. The fourth-order valence-corrected chi connectivity index (χ4v) is 2.69. The first-order valence-corrected chi connectivity index (χ1v) is 7.07. The van der Waals surface area contributed by atoms with Gasteiger partial charge < -0.3 is 55.4 Å². The van der Waals surface area contributed by atoms with Crippen molar-refractivity contribution >= 4 is 0 Å². The lowest BCUT2D eigenvalue weighted by atomic mass is 9.84. The molecule has 0 spiro atoms. The van der Waals surface area contributed by atoms with E-state index in [1.165, 1.54) is 0 Å². The monoisotopic (exact) mass is 342 g/mol. The SMILES string of the molecule is OC[C@H]1OC(OC2C(O)C(O)C(O)C(O)C2O)[C@H](O)[C@@H](O)[C@H]1O. The maximum atomic E-state index is 9.85. The third-order valence-corrected chi connectivity index (χ3v) is 4.21. The van der Waals surface area contributed by atoms with Gasteiger partial charge in [0.15, 0.2) is 6.29 Å². The standard InChI is InChI=1S/C12H22O11/c13-1-2-3(14)4(15)10(21)12(22-2)23-11-8(19)6(17)5(16)7(18)9(11)20/h2-21H,1H2/t2-,3+,4+,5?,6?,7?,8?,9?,10-,11?,12?/m1/s1. The Hall–Kier alpha value is -0.440. The highest BCUT2D eigenvalue weighted by Gasteiger charge is 2.52. The molecule has 23 heavy (non-hydrogen) atoms. The normalized spacial score (nSPS) is 54.9. The van der Waals surface area contributed by atoms with Crippen molar-refractivity contribution in [3.05, 3.63) is 0 Å². The summed E-state index contributed by atoms with van der Waals surface area (Å²) in [7, 11) is 0. The number of ether oxygens (including phenoxy) is 2. The molecule has 2 fully saturated rings. The molecule has 1 saturated heterocycles. The Kier molecular flexibility index (Phi) is 5.92. The van der Waals surface area contributed by atoms with E-state index in [9.17, 15) is 40.9 Å². The Morgan fingerprint density at radius 1 is 0.609 bits per heavy atom. The molecule has 11 nitrogen and oxygen atoms in total. The second-order valence-corrected chi connectivity index (χ2v) is 5.75. The fourth-order valence-electron chi connectivity index (χ4n) is 2.69. The van der Waals surface area contributed by atoms with E-state index in [0.717, 1.165) is 0 Å². The number of rotatable bonds is 3. The van der Waals surface area contributed by atoms with E-state index in [4.69, 9.17) is 14.6 Å². The summed E-state index contributed by atoms with van der Waals surface area (Å²) in [5.74, 6) is 0. The second-order valence-electron chi connectivity index (χ2n) is 5.75. The first-order chi connectivity index (χ1) is 10.7. The van der Waals surface area contributed by atoms with Crippen molar-refractivity contribution in [3.8, 4) is 0 Å². The van der Waals surface area contributed by atoms with Crippen molar-refractivity contribution in [1.82, 2.24) is 0 Å². The molecule has 0 radical (unpaired) electrons. The zero-order valence-corrected chi connectivity index (χ0v) is 11.9. The summed E-state index contributed by atoms with van der Waals surface area (Å²) in [4.78, 5) is 0. The summed E-state index contributed by atoms with van der Waals surface area (Å²) in [6.45, 7) is -0.704. The van der Waals surface area contributed by atoms with Crippen molar-refractivity contribution in [2.75, 3.05) is 6.61 Å². The molecule has 9 atom stereocenters. The molecule has 1 saturated carbocycles. The zero-order valence-electron chi connectivity index (χ0n) is 11.9. The van der Waals surface area contributed by atoms with Crippen LogP contribution in [0, 0.1) is 0 Å². The lowest BCUT2D eigenvalue weighted by Gasteiger charge is -2.45. The number of aliphatic hydroxyl groups is 9. The van der Waals surface area contributed by atoms with E-state index < -0.39 is 73.9 Å². The lowest BCUT2D eigenvalue weighted by Crippen LogP contribution is -2.67. The summed E-state index contributed by atoms with van der Waals surface area (Å²) in [5, 5.41) is 86.6. The fraction of sp³-hybridized carbons (Fsp3) is 1.00. The maximum absolute atomic E-state index is 9.85. The van der Waals surface area contributed by atoms with Gasteiger partial charge in [0.05, 0.1) is 6.61 Å². The van der Waals surface area contributed by atoms with E-state index in [1.54, 1.807) is 0 Å². The highest BCUT2D eigenvalue weighted by atomic mass is 16.7. The Morgan fingerprint density at radius 2 is 1.04 bits per heavy atom.